The van der Waals surface area contributed by atoms with E-state index in [9.17, 15) is 4.79 Å². The standard InChI is InChI=1S/C13H18ClNO/c1-4-11-5-7-12(8-6-11)10(3)15-13(16)9(2)14/h5-10H,4H2,1-3H3,(H,15,16). The van der Waals surface area contributed by atoms with Crippen molar-refractivity contribution in [1.29, 1.82) is 0 Å². The van der Waals surface area contributed by atoms with Crippen molar-refractivity contribution >= 4 is 17.5 Å². The summed E-state index contributed by atoms with van der Waals surface area (Å²) in [6.07, 6.45) is 1.03. The molecule has 0 aliphatic carbocycles. The van der Waals surface area contributed by atoms with Crippen LogP contribution in [-0.2, 0) is 11.2 Å². The summed E-state index contributed by atoms with van der Waals surface area (Å²) in [7, 11) is 0. The predicted molar refractivity (Wildman–Crippen MR) is 67.7 cm³/mol. The normalized spacial score (nSPS) is 14.2. The molecule has 0 aliphatic heterocycles. The van der Waals surface area contributed by atoms with Gasteiger partial charge >= 0.3 is 0 Å². The quantitative estimate of drug-likeness (QED) is 0.804. The van der Waals surface area contributed by atoms with Crippen LogP contribution in [-0.4, -0.2) is 11.3 Å². The Morgan fingerprint density at radius 2 is 1.88 bits per heavy atom. The highest BCUT2D eigenvalue weighted by molar-refractivity contribution is 6.30. The van der Waals surface area contributed by atoms with Crippen molar-refractivity contribution in [1.82, 2.24) is 5.32 Å². The summed E-state index contributed by atoms with van der Waals surface area (Å²) in [4.78, 5) is 11.4. The Bertz CT molecular complexity index is 345. The van der Waals surface area contributed by atoms with Crippen LogP contribution in [0.1, 0.15) is 37.9 Å². The Morgan fingerprint density at radius 1 is 1.31 bits per heavy atom. The van der Waals surface area contributed by atoms with Crippen LogP contribution in [0.25, 0.3) is 0 Å². The van der Waals surface area contributed by atoms with Crippen molar-refractivity contribution in [3.63, 3.8) is 0 Å². The molecule has 0 heterocycles. The highest BCUT2D eigenvalue weighted by atomic mass is 35.5. The van der Waals surface area contributed by atoms with Gasteiger partial charge in [0, 0.05) is 0 Å². The van der Waals surface area contributed by atoms with Crippen LogP contribution in [0.15, 0.2) is 24.3 Å². The topological polar surface area (TPSA) is 29.1 Å². The minimum Gasteiger partial charge on any atom is -0.348 e. The van der Waals surface area contributed by atoms with Crippen LogP contribution in [0, 0.1) is 0 Å². The molecule has 1 rings (SSSR count). The first-order valence-corrected chi connectivity index (χ1v) is 6.01. The summed E-state index contributed by atoms with van der Waals surface area (Å²) in [5, 5.41) is 2.37. The molecule has 2 atom stereocenters. The molecular weight excluding hydrogens is 222 g/mol. The Kier molecular flexibility index (Phi) is 4.81. The largest absolute Gasteiger partial charge is 0.348 e. The fourth-order valence-corrected chi connectivity index (χ4v) is 1.52. The van der Waals surface area contributed by atoms with Crippen molar-refractivity contribution in [3.8, 4) is 0 Å². The van der Waals surface area contributed by atoms with Crippen LogP contribution in [0.3, 0.4) is 0 Å². The first-order valence-electron chi connectivity index (χ1n) is 5.58. The lowest BCUT2D eigenvalue weighted by atomic mass is 10.0. The lowest BCUT2D eigenvalue weighted by Gasteiger charge is -2.15. The molecule has 0 saturated heterocycles. The van der Waals surface area contributed by atoms with Gasteiger partial charge in [-0.05, 0) is 31.4 Å². The second kappa shape index (κ2) is 5.90. The molecule has 1 amide bonds. The monoisotopic (exact) mass is 239 g/mol. The van der Waals surface area contributed by atoms with Crippen LogP contribution in [0.5, 0.6) is 0 Å². The number of aryl methyl sites for hydroxylation is 1. The minimum atomic E-state index is -0.489. The number of carbonyl (C=O) groups is 1. The van der Waals surface area contributed by atoms with E-state index in [2.05, 4.69) is 24.4 Å². The highest BCUT2D eigenvalue weighted by Gasteiger charge is 2.13. The van der Waals surface area contributed by atoms with Gasteiger partial charge in [-0.3, -0.25) is 4.79 Å². The zero-order chi connectivity index (χ0) is 12.1. The molecule has 0 bridgehead atoms. The van der Waals surface area contributed by atoms with Crippen molar-refractivity contribution < 1.29 is 4.79 Å². The van der Waals surface area contributed by atoms with E-state index in [1.807, 2.05) is 19.1 Å². The molecule has 0 saturated carbocycles. The fourth-order valence-electron chi connectivity index (χ4n) is 1.45. The second-order valence-electron chi connectivity index (χ2n) is 3.94. The molecule has 1 aromatic carbocycles. The van der Waals surface area contributed by atoms with Crippen LogP contribution in [0.2, 0.25) is 0 Å². The van der Waals surface area contributed by atoms with E-state index >= 15 is 0 Å². The van der Waals surface area contributed by atoms with Gasteiger partial charge in [-0.1, -0.05) is 31.2 Å². The van der Waals surface area contributed by atoms with E-state index < -0.39 is 5.38 Å². The number of hydrogen-bond acceptors (Lipinski definition) is 1. The predicted octanol–water partition coefficient (Wildman–Crippen LogP) is 3.05. The third kappa shape index (κ3) is 3.53. The van der Waals surface area contributed by atoms with E-state index in [0.29, 0.717) is 0 Å². The highest BCUT2D eigenvalue weighted by Crippen LogP contribution is 2.14. The molecule has 0 aromatic heterocycles. The molecule has 88 valence electrons. The number of rotatable bonds is 4. The Labute approximate surface area is 102 Å². The average molecular weight is 240 g/mol. The number of halogens is 1. The third-order valence-electron chi connectivity index (χ3n) is 2.61. The van der Waals surface area contributed by atoms with Gasteiger partial charge in [-0.2, -0.15) is 0 Å². The van der Waals surface area contributed by atoms with Gasteiger partial charge in [0.2, 0.25) is 5.91 Å². The average Bonchev–Trinajstić information content (AvgIpc) is 2.28. The maximum atomic E-state index is 11.4. The minimum absolute atomic E-state index is 0.000365. The SMILES string of the molecule is CCc1ccc(C(C)NC(=O)C(C)Cl)cc1. The summed E-state index contributed by atoms with van der Waals surface area (Å²) < 4.78 is 0. The molecule has 0 fully saturated rings. The van der Waals surface area contributed by atoms with Crippen molar-refractivity contribution in [2.24, 2.45) is 0 Å². The lowest BCUT2D eigenvalue weighted by molar-refractivity contribution is -0.121. The summed E-state index contributed by atoms with van der Waals surface area (Å²) in [5.41, 5.74) is 2.40. The van der Waals surface area contributed by atoms with Gasteiger partial charge in [0.25, 0.3) is 0 Å². The zero-order valence-corrected chi connectivity index (χ0v) is 10.7. The molecule has 16 heavy (non-hydrogen) atoms. The van der Waals surface area contributed by atoms with Gasteiger partial charge in [0.05, 0.1) is 6.04 Å². The Morgan fingerprint density at radius 3 is 2.31 bits per heavy atom. The molecule has 2 nitrogen and oxygen atoms in total. The summed E-state index contributed by atoms with van der Waals surface area (Å²) in [5.74, 6) is -0.131. The molecule has 0 aliphatic rings. The van der Waals surface area contributed by atoms with Crippen molar-refractivity contribution in [3.05, 3.63) is 35.4 Å². The Balaban J connectivity index is 2.65. The number of carbonyl (C=O) groups excluding carboxylic acids is 1. The Hall–Kier alpha value is -1.02. The number of amides is 1. The lowest BCUT2D eigenvalue weighted by Crippen LogP contribution is -2.31. The number of benzene rings is 1. The summed E-state index contributed by atoms with van der Waals surface area (Å²) >= 11 is 5.70. The molecule has 0 spiro atoms. The maximum Gasteiger partial charge on any atom is 0.238 e. The van der Waals surface area contributed by atoms with Gasteiger partial charge in [-0.15, -0.1) is 11.6 Å². The second-order valence-corrected chi connectivity index (χ2v) is 4.60. The van der Waals surface area contributed by atoms with Gasteiger partial charge in [0.15, 0.2) is 0 Å². The summed E-state index contributed by atoms with van der Waals surface area (Å²) in [6, 6.07) is 8.26. The van der Waals surface area contributed by atoms with E-state index in [1.54, 1.807) is 6.92 Å². The van der Waals surface area contributed by atoms with Crippen LogP contribution in [0.4, 0.5) is 0 Å². The molecule has 1 N–H and O–H groups in total. The van der Waals surface area contributed by atoms with Gasteiger partial charge in [-0.25, -0.2) is 0 Å². The van der Waals surface area contributed by atoms with E-state index in [4.69, 9.17) is 11.6 Å². The van der Waals surface area contributed by atoms with Crippen molar-refractivity contribution in [2.45, 2.75) is 38.6 Å². The fraction of sp³-hybridized carbons (Fsp3) is 0.462. The smallest absolute Gasteiger partial charge is 0.238 e. The van der Waals surface area contributed by atoms with E-state index in [1.165, 1.54) is 5.56 Å². The van der Waals surface area contributed by atoms with Gasteiger partial charge in [0.1, 0.15) is 5.38 Å². The third-order valence-corrected chi connectivity index (χ3v) is 2.81. The summed E-state index contributed by atoms with van der Waals surface area (Å²) in [6.45, 7) is 5.75. The van der Waals surface area contributed by atoms with E-state index in [0.717, 1.165) is 12.0 Å². The van der Waals surface area contributed by atoms with Gasteiger partial charge < -0.3 is 5.32 Å². The number of alkyl halides is 1. The molecule has 2 unspecified atom stereocenters. The molecule has 1 aromatic rings. The first-order chi connectivity index (χ1) is 7.54. The van der Waals surface area contributed by atoms with Crippen LogP contribution >= 0.6 is 11.6 Å². The number of nitrogens with one attached hydrogen (secondary N) is 1. The van der Waals surface area contributed by atoms with Crippen molar-refractivity contribution in [2.75, 3.05) is 0 Å². The first kappa shape index (κ1) is 13.0. The molecular formula is C13H18ClNO. The molecule has 0 radical (unpaired) electrons. The van der Waals surface area contributed by atoms with Crippen LogP contribution < -0.4 is 5.32 Å². The molecule has 3 heteroatoms. The van der Waals surface area contributed by atoms with E-state index in [-0.39, 0.29) is 11.9 Å². The zero-order valence-electron chi connectivity index (χ0n) is 9.96. The maximum absolute atomic E-state index is 11.4. The number of hydrogen-bond donors (Lipinski definition) is 1.